The number of amides is 1. The summed E-state index contributed by atoms with van der Waals surface area (Å²) in [5.41, 5.74) is 0.256. The number of rotatable bonds is 6. The number of benzene rings is 1. The first-order valence-corrected chi connectivity index (χ1v) is 6.65. The van der Waals surface area contributed by atoms with Gasteiger partial charge in [-0.05, 0) is 24.1 Å². The quantitative estimate of drug-likeness (QED) is 0.846. The second-order valence-corrected chi connectivity index (χ2v) is 4.96. The van der Waals surface area contributed by atoms with Crippen LogP contribution in [0, 0.1) is 5.92 Å². The molecule has 2 atom stereocenters. The smallest absolute Gasteiger partial charge is 0.326 e. The van der Waals surface area contributed by atoms with E-state index in [-0.39, 0.29) is 11.5 Å². The largest absolute Gasteiger partial charge is 0.496 e. The van der Waals surface area contributed by atoms with Gasteiger partial charge in [-0.3, -0.25) is 4.79 Å². The average Bonchev–Trinajstić information content (AvgIpc) is 2.42. The highest BCUT2D eigenvalue weighted by atomic mass is 35.5. The van der Waals surface area contributed by atoms with Gasteiger partial charge in [-0.2, -0.15) is 0 Å². The molecule has 0 spiro atoms. The number of ether oxygens (including phenoxy) is 1. The van der Waals surface area contributed by atoms with Crippen LogP contribution in [0.3, 0.4) is 0 Å². The molecule has 20 heavy (non-hydrogen) atoms. The van der Waals surface area contributed by atoms with E-state index in [4.69, 9.17) is 16.3 Å². The average molecular weight is 300 g/mol. The number of methoxy groups -OCH3 is 1. The van der Waals surface area contributed by atoms with E-state index in [1.165, 1.54) is 19.2 Å². The van der Waals surface area contributed by atoms with Crippen LogP contribution in [-0.2, 0) is 4.79 Å². The maximum Gasteiger partial charge on any atom is 0.326 e. The summed E-state index contributed by atoms with van der Waals surface area (Å²) in [7, 11) is 1.42. The Morgan fingerprint density at radius 1 is 1.45 bits per heavy atom. The van der Waals surface area contributed by atoms with Gasteiger partial charge in [0.2, 0.25) is 0 Å². The van der Waals surface area contributed by atoms with Crippen LogP contribution in [0.5, 0.6) is 5.75 Å². The summed E-state index contributed by atoms with van der Waals surface area (Å²) >= 11 is 5.82. The summed E-state index contributed by atoms with van der Waals surface area (Å²) in [5, 5.41) is 12.1. The van der Waals surface area contributed by atoms with Crippen LogP contribution in [0.1, 0.15) is 30.6 Å². The Bertz CT molecular complexity index is 504. The summed E-state index contributed by atoms with van der Waals surface area (Å²) in [6.07, 6.45) is 0.648. The van der Waals surface area contributed by atoms with E-state index >= 15 is 0 Å². The number of carbonyl (C=O) groups excluding carboxylic acids is 1. The Morgan fingerprint density at radius 2 is 2.10 bits per heavy atom. The molecule has 1 unspecified atom stereocenters. The fourth-order valence-electron chi connectivity index (χ4n) is 1.75. The van der Waals surface area contributed by atoms with Crippen molar-refractivity contribution in [3.63, 3.8) is 0 Å². The van der Waals surface area contributed by atoms with Crippen molar-refractivity contribution in [1.82, 2.24) is 5.32 Å². The number of carboxylic acid groups (broad SMARTS) is 1. The molecule has 110 valence electrons. The highest BCUT2D eigenvalue weighted by Crippen LogP contribution is 2.23. The molecule has 0 heterocycles. The minimum Gasteiger partial charge on any atom is -0.496 e. The SMILES string of the molecule is CCC(C)[C@H](NC(=O)c1ccc(Cl)cc1OC)C(=O)O. The number of carbonyl (C=O) groups is 2. The van der Waals surface area contributed by atoms with Crippen molar-refractivity contribution < 1.29 is 19.4 Å². The van der Waals surface area contributed by atoms with Crippen LogP contribution in [0.4, 0.5) is 0 Å². The molecule has 0 aromatic heterocycles. The van der Waals surface area contributed by atoms with Crippen LogP contribution in [-0.4, -0.2) is 30.1 Å². The number of carboxylic acids is 1. The van der Waals surface area contributed by atoms with E-state index in [1.807, 2.05) is 6.92 Å². The maximum atomic E-state index is 12.2. The Morgan fingerprint density at radius 3 is 2.60 bits per heavy atom. The fourth-order valence-corrected chi connectivity index (χ4v) is 1.92. The van der Waals surface area contributed by atoms with Gasteiger partial charge in [-0.1, -0.05) is 31.9 Å². The van der Waals surface area contributed by atoms with Crippen molar-refractivity contribution in [2.24, 2.45) is 5.92 Å². The molecule has 0 saturated heterocycles. The Kier molecular flexibility index (Phi) is 5.82. The van der Waals surface area contributed by atoms with Crippen molar-refractivity contribution in [3.8, 4) is 5.75 Å². The lowest BCUT2D eigenvalue weighted by Gasteiger charge is -2.20. The van der Waals surface area contributed by atoms with Crippen LogP contribution in [0.15, 0.2) is 18.2 Å². The van der Waals surface area contributed by atoms with E-state index in [9.17, 15) is 14.7 Å². The van der Waals surface area contributed by atoms with Crippen LogP contribution in [0.2, 0.25) is 5.02 Å². The predicted octanol–water partition coefficient (Wildman–Crippen LogP) is 2.58. The van der Waals surface area contributed by atoms with Crippen molar-refractivity contribution in [2.75, 3.05) is 7.11 Å². The van der Waals surface area contributed by atoms with Gasteiger partial charge in [0.05, 0.1) is 12.7 Å². The molecule has 0 saturated carbocycles. The highest BCUT2D eigenvalue weighted by Gasteiger charge is 2.26. The fraction of sp³-hybridized carbons (Fsp3) is 0.429. The molecule has 1 rings (SSSR count). The van der Waals surface area contributed by atoms with Gasteiger partial charge in [0.25, 0.3) is 5.91 Å². The third-order valence-corrected chi connectivity index (χ3v) is 3.41. The molecule has 6 heteroatoms. The summed E-state index contributed by atoms with van der Waals surface area (Å²) in [4.78, 5) is 23.4. The Labute approximate surface area is 122 Å². The molecule has 1 aromatic rings. The standard InChI is InChI=1S/C14H18ClNO4/c1-4-8(2)12(14(18)19)16-13(17)10-6-5-9(15)7-11(10)20-3/h5-8,12H,4H2,1-3H3,(H,16,17)(H,18,19)/t8?,12-/m0/s1. The monoisotopic (exact) mass is 299 g/mol. The molecule has 1 amide bonds. The molecule has 0 aliphatic rings. The first kappa shape index (κ1) is 16.3. The van der Waals surface area contributed by atoms with E-state index in [0.717, 1.165) is 0 Å². The van der Waals surface area contributed by atoms with Crippen molar-refractivity contribution in [3.05, 3.63) is 28.8 Å². The number of hydrogen-bond acceptors (Lipinski definition) is 3. The molecular weight excluding hydrogens is 282 g/mol. The van der Waals surface area contributed by atoms with Crippen LogP contribution >= 0.6 is 11.6 Å². The normalized spacial score (nSPS) is 13.4. The summed E-state index contributed by atoms with van der Waals surface area (Å²) in [6.45, 7) is 3.65. The molecule has 2 N–H and O–H groups in total. The number of halogens is 1. The molecule has 0 aliphatic heterocycles. The van der Waals surface area contributed by atoms with Crippen molar-refractivity contribution in [2.45, 2.75) is 26.3 Å². The minimum atomic E-state index is -1.05. The summed E-state index contributed by atoms with van der Waals surface area (Å²) in [5.74, 6) is -1.41. The van der Waals surface area contributed by atoms with E-state index in [2.05, 4.69) is 5.32 Å². The summed E-state index contributed by atoms with van der Waals surface area (Å²) in [6, 6.07) is 3.63. The van der Waals surface area contributed by atoms with Crippen molar-refractivity contribution >= 4 is 23.5 Å². The number of aliphatic carboxylic acids is 1. The molecule has 0 radical (unpaired) electrons. The van der Waals surface area contributed by atoms with Gasteiger partial charge in [-0.15, -0.1) is 0 Å². The van der Waals surface area contributed by atoms with Gasteiger partial charge in [-0.25, -0.2) is 4.79 Å². The summed E-state index contributed by atoms with van der Waals surface area (Å²) < 4.78 is 5.08. The van der Waals surface area contributed by atoms with Gasteiger partial charge < -0.3 is 15.2 Å². The van der Waals surface area contributed by atoms with Crippen LogP contribution < -0.4 is 10.1 Å². The molecular formula is C14H18ClNO4. The lowest BCUT2D eigenvalue weighted by molar-refractivity contribution is -0.140. The zero-order chi connectivity index (χ0) is 15.3. The Hall–Kier alpha value is -1.75. The predicted molar refractivity (Wildman–Crippen MR) is 76.3 cm³/mol. The molecule has 0 bridgehead atoms. The maximum absolute atomic E-state index is 12.2. The lowest BCUT2D eigenvalue weighted by atomic mass is 9.99. The van der Waals surface area contributed by atoms with Crippen LogP contribution in [0.25, 0.3) is 0 Å². The van der Waals surface area contributed by atoms with E-state index in [0.29, 0.717) is 17.2 Å². The zero-order valence-corrected chi connectivity index (χ0v) is 12.4. The second kappa shape index (κ2) is 7.14. The second-order valence-electron chi connectivity index (χ2n) is 4.52. The number of nitrogens with one attached hydrogen (secondary N) is 1. The molecule has 0 aliphatic carbocycles. The third-order valence-electron chi connectivity index (χ3n) is 3.17. The topological polar surface area (TPSA) is 75.6 Å². The molecule has 5 nitrogen and oxygen atoms in total. The number of hydrogen-bond donors (Lipinski definition) is 2. The highest BCUT2D eigenvalue weighted by molar-refractivity contribution is 6.30. The molecule has 1 aromatic carbocycles. The first-order valence-electron chi connectivity index (χ1n) is 6.27. The lowest BCUT2D eigenvalue weighted by Crippen LogP contribution is -2.45. The Balaban J connectivity index is 2.97. The molecule has 0 fully saturated rings. The van der Waals surface area contributed by atoms with Crippen molar-refractivity contribution in [1.29, 1.82) is 0 Å². The third kappa shape index (κ3) is 3.87. The first-order chi connectivity index (χ1) is 9.40. The van der Waals surface area contributed by atoms with Gasteiger partial charge >= 0.3 is 5.97 Å². The van der Waals surface area contributed by atoms with Gasteiger partial charge in [0.15, 0.2) is 0 Å². The minimum absolute atomic E-state index is 0.172. The van der Waals surface area contributed by atoms with E-state index < -0.39 is 17.9 Å². The van der Waals surface area contributed by atoms with Gasteiger partial charge in [0, 0.05) is 5.02 Å². The zero-order valence-electron chi connectivity index (χ0n) is 11.6. The van der Waals surface area contributed by atoms with E-state index in [1.54, 1.807) is 13.0 Å². The van der Waals surface area contributed by atoms with Gasteiger partial charge in [0.1, 0.15) is 11.8 Å².